The summed E-state index contributed by atoms with van der Waals surface area (Å²) < 4.78 is 41.7. The normalized spacial score (nSPS) is 14.0. The first-order valence-corrected chi connectivity index (χ1v) is 5.28. The van der Waals surface area contributed by atoms with Gasteiger partial charge < -0.3 is 4.74 Å². The van der Waals surface area contributed by atoms with Crippen LogP contribution in [-0.4, -0.2) is 22.2 Å². The van der Waals surface area contributed by atoms with Gasteiger partial charge in [0.1, 0.15) is 11.2 Å². The number of fused-ring (bicyclic) bond motifs is 1. The molecule has 0 saturated heterocycles. The van der Waals surface area contributed by atoms with Crippen LogP contribution in [0.25, 0.3) is 10.2 Å². The molecule has 0 spiro atoms. The largest absolute Gasteiger partial charge is 0.464 e. The molecule has 0 fully saturated rings. The molecule has 0 amide bonds. The molecule has 2 heterocycles. The van der Waals surface area contributed by atoms with Gasteiger partial charge in [0.05, 0.1) is 5.39 Å². The van der Waals surface area contributed by atoms with Gasteiger partial charge >= 0.3 is 6.18 Å². The average molecular weight is 248 g/mol. The van der Waals surface area contributed by atoms with Crippen molar-refractivity contribution in [3.63, 3.8) is 0 Å². The topological polar surface area (TPSA) is 35.0 Å². The Kier molecular flexibility index (Phi) is 2.71. The molecular weight excluding hydrogens is 241 g/mol. The van der Waals surface area contributed by atoms with E-state index in [1.807, 2.05) is 0 Å². The fourth-order valence-electron chi connectivity index (χ4n) is 1.10. The van der Waals surface area contributed by atoms with E-state index in [0.29, 0.717) is 10.2 Å². The third-order valence-electron chi connectivity index (χ3n) is 1.97. The van der Waals surface area contributed by atoms with Gasteiger partial charge in [-0.1, -0.05) is 0 Å². The first-order chi connectivity index (χ1) is 7.48. The Labute approximate surface area is 92.9 Å². The molecule has 2 aromatic heterocycles. The van der Waals surface area contributed by atoms with Gasteiger partial charge in [-0.25, -0.2) is 9.97 Å². The van der Waals surface area contributed by atoms with Gasteiger partial charge in [-0.15, -0.1) is 11.3 Å². The van der Waals surface area contributed by atoms with Gasteiger partial charge in [0.25, 0.3) is 0 Å². The lowest BCUT2D eigenvalue weighted by Gasteiger charge is -2.16. The smallest absolute Gasteiger partial charge is 0.425 e. The first kappa shape index (κ1) is 11.1. The Hall–Kier alpha value is -1.37. The average Bonchev–Trinajstić information content (AvgIpc) is 2.65. The molecule has 2 aromatic rings. The van der Waals surface area contributed by atoms with Gasteiger partial charge in [-0.2, -0.15) is 13.2 Å². The van der Waals surface area contributed by atoms with E-state index >= 15 is 0 Å². The molecule has 0 aromatic carbocycles. The molecule has 1 unspecified atom stereocenters. The van der Waals surface area contributed by atoms with Crippen molar-refractivity contribution < 1.29 is 17.9 Å². The lowest BCUT2D eigenvalue weighted by Crippen LogP contribution is -2.31. The minimum Gasteiger partial charge on any atom is -0.464 e. The molecule has 2 rings (SSSR count). The van der Waals surface area contributed by atoms with Gasteiger partial charge in [0.2, 0.25) is 5.88 Å². The number of halogens is 3. The van der Waals surface area contributed by atoms with Gasteiger partial charge in [0, 0.05) is 0 Å². The molecular formula is C9H7F3N2OS. The second-order valence-corrected chi connectivity index (χ2v) is 4.01. The van der Waals surface area contributed by atoms with Gasteiger partial charge in [-0.05, 0) is 18.4 Å². The van der Waals surface area contributed by atoms with Crippen LogP contribution < -0.4 is 4.74 Å². The molecule has 0 radical (unpaired) electrons. The Morgan fingerprint density at radius 3 is 2.81 bits per heavy atom. The van der Waals surface area contributed by atoms with Crippen LogP contribution in [0.3, 0.4) is 0 Å². The highest BCUT2D eigenvalue weighted by atomic mass is 32.1. The van der Waals surface area contributed by atoms with Crippen LogP contribution in [0.1, 0.15) is 6.92 Å². The number of alkyl halides is 3. The fraction of sp³-hybridized carbons (Fsp3) is 0.333. The second-order valence-electron chi connectivity index (χ2n) is 3.12. The summed E-state index contributed by atoms with van der Waals surface area (Å²) in [5.74, 6) is -0.0314. The molecule has 16 heavy (non-hydrogen) atoms. The Morgan fingerprint density at radius 2 is 2.12 bits per heavy atom. The standard InChI is InChI=1S/C9H7F3N2OS/c1-5(9(10,11)12)15-7-6-2-3-16-8(6)14-4-13-7/h2-5H,1H3. The minimum absolute atomic E-state index is 0.0314. The molecule has 86 valence electrons. The van der Waals surface area contributed by atoms with Crippen molar-refractivity contribution in [1.29, 1.82) is 0 Å². The SMILES string of the molecule is CC(Oc1ncnc2sccc12)C(F)(F)F. The number of thiophene rings is 1. The van der Waals surface area contributed by atoms with E-state index in [-0.39, 0.29) is 5.88 Å². The number of hydrogen-bond acceptors (Lipinski definition) is 4. The zero-order valence-electron chi connectivity index (χ0n) is 8.15. The highest BCUT2D eigenvalue weighted by molar-refractivity contribution is 7.16. The summed E-state index contributed by atoms with van der Waals surface area (Å²) in [6.45, 7) is 0.945. The zero-order valence-corrected chi connectivity index (χ0v) is 8.97. The van der Waals surface area contributed by atoms with Gasteiger partial charge in [-0.3, -0.25) is 0 Å². The molecule has 7 heteroatoms. The maximum Gasteiger partial charge on any atom is 0.425 e. The summed E-state index contributed by atoms with van der Waals surface area (Å²) in [6, 6.07) is 1.64. The number of rotatable bonds is 2. The summed E-state index contributed by atoms with van der Waals surface area (Å²) in [4.78, 5) is 8.23. The van der Waals surface area contributed by atoms with E-state index in [1.165, 1.54) is 17.7 Å². The van der Waals surface area contributed by atoms with Crippen LogP contribution in [0.15, 0.2) is 17.8 Å². The molecule has 0 saturated carbocycles. The highest BCUT2D eigenvalue weighted by Gasteiger charge is 2.38. The van der Waals surface area contributed by atoms with Crippen molar-refractivity contribution in [2.24, 2.45) is 0 Å². The van der Waals surface area contributed by atoms with E-state index < -0.39 is 12.3 Å². The molecule has 3 nitrogen and oxygen atoms in total. The number of ether oxygens (including phenoxy) is 1. The summed E-state index contributed by atoms with van der Waals surface area (Å²) >= 11 is 1.32. The minimum atomic E-state index is -4.40. The van der Waals surface area contributed by atoms with Crippen LogP contribution in [0.4, 0.5) is 13.2 Å². The number of hydrogen-bond donors (Lipinski definition) is 0. The zero-order chi connectivity index (χ0) is 11.8. The van der Waals surface area contributed by atoms with Crippen molar-refractivity contribution >= 4 is 21.6 Å². The van der Waals surface area contributed by atoms with E-state index in [0.717, 1.165) is 6.92 Å². The van der Waals surface area contributed by atoms with Crippen LogP contribution >= 0.6 is 11.3 Å². The molecule has 0 bridgehead atoms. The monoisotopic (exact) mass is 248 g/mol. The summed E-state index contributed by atoms with van der Waals surface area (Å²) in [5.41, 5.74) is 0. The van der Waals surface area contributed by atoms with Crippen molar-refractivity contribution in [1.82, 2.24) is 9.97 Å². The van der Waals surface area contributed by atoms with Crippen molar-refractivity contribution in [3.05, 3.63) is 17.8 Å². The third kappa shape index (κ3) is 2.08. The molecule has 1 atom stereocenters. The number of aromatic nitrogens is 2. The van der Waals surface area contributed by atoms with Crippen molar-refractivity contribution in [3.8, 4) is 5.88 Å². The van der Waals surface area contributed by atoms with Gasteiger partial charge in [0.15, 0.2) is 6.10 Å². The van der Waals surface area contributed by atoms with Crippen LogP contribution in [0.5, 0.6) is 5.88 Å². The van der Waals surface area contributed by atoms with Crippen LogP contribution in [-0.2, 0) is 0 Å². The maximum atomic E-state index is 12.3. The quantitative estimate of drug-likeness (QED) is 0.819. The number of nitrogens with zero attached hydrogens (tertiary/aromatic N) is 2. The summed E-state index contributed by atoms with van der Waals surface area (Å²) in [5, 5.41) is 2.23. The Morgan fingerprint density at radius 1 is 1.38 bits per heavy atom. The van der Waals surface area contributed by atoms with E-state index in [4.69, 9.17) is 4.74 Å². The van der Waals surface area contributed by atoms with Crippen molar-refractivity contribution in [2.45, 2.75) is 19.2 Å². The maximum absolute atomic E-state index is 12.3. The lowest BCUT2D eigenvalue weighted by molar-refractivity contribution is -0.189. The lowest BCUT2D eigenvalue weighted by atomic mass is 10.3. The fourth-order valence-corrected chi connectivity index (χ4v) is 1.82. The van der Waals surface area contributed by atoms with Crippen LogP contribution in [0, 0.1) is 0 Å². The van der Waals surface area contributed by atoms with E-state index in [9.17, 15) is 13.2 Å². The predicted molar refractivity (Wildman–Crippen MR) is 53.6 cm³/mol. The molecule has 0 aliphatic carbocycles. The van der Waals surface area contributed by atoms with E-state index in [1.54, 1.807) is 11.4 Å². The second kappa shape index (κ2) is 3.89. The molecule has 0 aliphatic heterocycles. The molecule has 0 N–H and O–H groups in total. The van der Waals surface area contributed by atoms with Crippen LogP contribution in [0.2, 0.25) is 0 Å². The third-order valence-corrected chi connectivity index (χ3v) is 2.80. The van der Waals surface area contributed by atoms with E-state index in [2.05, 4.69) is 9.97 Å². The Bertz CT molecular complexity index is 497. The Balaban J connectivity index is 2.31. The highest BCUT2D eigenvalue weighted by Crippen LogP contribution is 2.29. The first-order valence-electron chi connectivity index (χ1n) is 4.40. The summed E-state index contributed by atoms with van der Waals surface area (Å²) in [7, 11) is 0. The molecule has 0 aliphatic rings. The summed E-state index contributed by atoms with van der Waals surface area (Å²) in [6.07, 6.45) is -5.09. The predicted octanol–water partition coefficient (Wildman–Crippen LogP) is 3.02. The van der Waals surface area contributed by atoms with Crippen molar-refractivity contribution in [2.75, 3.05) is 0 Å².